The minimum absolute atomic E-state index is 0. The van der Waals surface area contributed by atoms with E-state index in [1.165, 1.54) is 13.0 Å². The number of nitrogens with zero attached hydrogens (tertiary/aromatic N) is 3. The van der Waals surface area contributed by atoms with E-state index in [1.807, 2.05) is 0 Å². The van der Waals surface area contributed by atoms with Gasteiger partial charge in [0.1, 0.15) is 0 Å². The maximum absolute atomic E-state index is 4.65. The fourth-order valence-electron chi connectivity index (χ4n) is 2.34. The van der Waals surface area contributed by atoms with Gasteiger partial charge < -0.3 is 20.1 Å². The largest absolute Gasteiger partial charge is 0.357 e. The Balaban J connectivity index is 0.00000484. The van der Waals surface area contributed by atoms with E-state index in [0.29, 0.717) is 0 Å². The average Bonchev–Trinajstić information content (AvgIpc) is 3.04. The molecule has 0 atom stereocenters. The molecule has 0 aliphatic rings. The van der Waals surface area contributed by atoms with E-state index in [-0.39, 0.29) is 24.0 Å². The van der Waals surface area contributed by atoms with E-state index in [4.69, 9.17) is 0 Å². The van der Waals surface area contributed by atoms with Crippen LogP contribution in [0.2, 0.25) is 0 Å². The van der Waals surface area contributed by atoms with Crippen LogP contribution in [0.25, 0.3) is 0 Å². The second-order valence-corrected chi connectivity index (χ2v) is 5.34. The van der Waals surface area contributed by atoms with Crippen molar-refractivity contribution in [3.8, 4) is 0 Å². The SMILES string of the molecule is CCNC(=NCCCCN(CC)CC)NCCn1cccc1.I. The third-order valence-electron chi connectivity index (χ3n) is 3.72. The second-order valence-electron chi connectivity index (χ2n) is 5.34. The molecule has 0 saturated heterocycles. The summed E-state index contributed by atoms with van der Waals surface area (Å²) in [6, 6.07) is 4.10. The molecule has 1 aromatic heterocycles. The topological polar surface area (TPSA) is 44.6 Å². The van der Waals surface area contributed by atoms with Crippen molar-refractivity contribution in [2.45, 2.75) is 40.2 Å². The summed E-state index contributed by atoms with van der Waals surface area (Å²) in [4.78, 5) is 7.11. The molecule has 2 N–H and O–H groups in total. The van der Waals surface area contributed by atoms with Crippen molar-refractivity contribution in [1.82, 2.24) is 20.1 Å². The molecule has 0 bridgehead atoms. The number of aromatic nitrogens is 1. The van der Waals surface area contributed by atoms with Crippen LogP contribution >= 0.6 is 24.0 Å². The van der Waals surface area contributed by atoms with Crippen molar-refractivity contribution in [2.24, 2.45) is 4.99 Å². The number of hydrogen-bond acceptors (Lipinski definition) is 2. The van der Waals surface area contributed by atoms with Gasteiger partial charge in [-0.15, -0.1) is 24.0 Å². The van der Waals surface area contributed by atoms with Gasteiger partial charge >= 0.3 is 0 Å². The van der Waals surface area contributed by atoms with Crippen LogP contribution in [0.3, 0.4) is 0 Å². The van der Waals surface area contributed by atoms with Crippen LogP contribution in [0, 0.1) is 0 Å². The molecule has 23 heavy (non-hydrogen) atoms. The molecule has 0 amide bonds. The Morgan fingerprint density at radius 2 is 1.74 bits per heavy atom. The molecular formula is C17H34IN5. The van der Waals surface area contributed by atoms with Crippen molar-refractivity contribution in [3.63, 3.8) is 0 Å². The third-order valence-corrected chi connectivity index (χ3v) is 3.72. The standard InChI is InChI=1S/C17H33N5.HI/c1-4-18-17(20-12-16-22-14-9-10-15-22)19-11-7-8-13-21(5-2)6-3;/h9-10,14-15H,4-8,11-13,16H2,1-3H3,(H2,18,19,20);1H. The minimum atomic E-state index is 0. The lowest BCUT2D eigenvalue weighted by Crippen LogP contribution is -2.38. The molecule has 0 aliphatic heterocycles. The third kappa shape index (κ3) is 10.6. The predicted octanol–water partition coefficient (Wildman–Crippen LogP) is 2.78. The molecule has 1 rings (SSSR count). The van der Waals surface area contributed by atoms with Crippen LogP contribution in [0.4, 0.5) is 0 Å². The highest BCUT2D eigenvalue weighted by atomic mass is 127. The fraction of sp³-hybridized carbons (Fsp3) is 0.706. The lowest BCUT2D eigenvalue weighted by molar-refractivity contribution is 0.297. The smallest absolute Gasteiger partial charge is 0.191 e. The summed E-state index contributed by atoms with van der Waals surface area (Å²) in [6.07, 6.45) is 6.52. The van der Waals surface area contributed by atoms with Gasteiger partial charge in [-0.3, -0.25) is 4.99 Å². The first-order valence-corrected chi connectivity index (χ1v) is 8.65. The minimum Gasteiger partial charge on any atom is -0.357 e. The number of nitrogens with one attached hydrogen (secondary N) is 2. The number of unbranched alkanes of at least 4 members (excludes halogenated alkanes) is 1. The van der Waals surface area contributed by atoms with Crippen LogP contribution in [0.5, 0.6) is 0 Å². The number of hydrogen-bond donors (Lipinski definition) is 2. The van der Waals surface area contributed by atoms with Crippen LogP contribution in [-0.2, 0) is 6.54 Å². The Morgan fingerprint density at radius 1 is 1.04 bits per heavy atom. The van der Waals surface area contributed by atoms with E-state index in [2.05, 4.69) is 70.4 Å². The summed E-state index contributed by atoms with van der Waals surface area (Å²) in [6.45, 7) is 13.6. The first-order chi connectivity index (χ1) is 10.8. The summed E-state index contributed by atoms with van der Waals surface area (Å²) in [5, 5.41) is 6.69. The lowest BCUT2D eigenvalue weighted by Gasteiger charge is -2.17. The zero-order valence-electron chi connectivity index (χ0n) is 14.9. The van der Waals surface area contributed by atoms with Gasteiger partial charge in [-0.2, -0.15) is 0 Å². The monoisotopic (exact) mass is 435 g/mol. The zero-order chi connectivity index (χ0) is 16.0. The van der Waals surface area contributed by atoms with Gasteiger partial charge in [0.25, 0.3) is 0 Å². The highest BCUT2D eigenvalue weighted by molar-refractivity contribution is 14.0. The Hall–Kier alpha value is -0.760. The quantitative estimate of drug-likeness (QED) is 0.243. The van der Waals surface area contributed by atoms with Gasteiger partial charge in [-0.1, -0.05) is 13.8 Å². The van der Waals surface area contributed by atoms with Crippen molar-refractivity contribution >= 4 is 29.9 Å². The van der Waals surface area contributed by atoms with Gasteiger partial charge in [0, 0.05) is 38.6 Å². The Morgan fingerprint density at radius 3 is 2.35 bits per heavy atom. The predicted molar refractivity (Wildman–Crippen MR) is 111 cm³/mol. The average molecular weight is 435 g/mol. The van der Waals surface area contributed by atoms with Gasteiger partial charge in [-0.05, 0) is 51.5 Å². The van der Waals surface area contributed by atoms with Crippen LogP contribution < -0.4 is 10.6 Å². The second kappa shape index (κ2) is 14.8. The van der Waals surface area contributed by atoms with Crippen molar-refractivity contribution in [1.29, 1.82) is 0 Å². The number of halogens is 1. The fourth-order valence-corrected chi connectivity index (χ4v) is 2.34. The molecule has 1 aromatic rings. The number of guanidine groups is 1. The van der Waals surface area contributed by atoms with Crippen LogP contribution in [-0.4, -0.2) is 54.7 Å². The molecule has 0 saturated carbocycles. The summed E-state index contributed by atoms with van der Waals surface area (Å²) < 4.78 is 2.17. The zero-order valence-corrected chi connectivity index (χ0v) is 17.3. The summed E-state index contributed by atoms with van der Waals surface area (Å²) in [7, 11) is 0. The van der Waals surface area contributed by atoms with Crippen LogP contribution in [0.15, 0.2) is 29.5 Å². The van der Waals surface area contributed by atoms with Gasteiger partial charge in [-0.25, -0.2) is 0 Å². The maximum Gasteiger partial charge on any atom is 0.191 e. The van der Waals surface area contributed by atoms with Gasteiger partial charge in [0.05, 0.1) is 0 Å². The summed E-state index contributed by atoms with van der Waals surface area (Å²) in [5.41, 5.74) is 0. The molecule has 6 heteroatoms. The Labute approximate surface area is 158 Å². The molecule has 134 valence electrons. The molecule has 1 heterocycles. The number of aliphatic imine (C=N–C) groups is 1. The summed E-state index contributed by atoms with van der Waals surface area (Å²) in [5.74, 6) is 0.928. The van der Waals surface area contributed by atoms with E-state index < -0.39 is 0 Å². The molecule has 0 aliphatic carbocycles. The molecule has 5 nitrogen and oxygen atoms in total. The molecule has 0 radical (unpaired) electrons. The van der Waals surface area contributed by atoms with Crippen molar-refractivity contribution < 1.29 is 0 Å². The first kappa shape index (κ1) is 22.2. The van der Waals surface area contributed by atoms with E-state index in [0.717, 1.165) is 51.6 Å². The Bertz CT molecular complexity index is 388. The van der Waals surface area contributed by atoms with E-state index in [1.54, 1.807) is 0 Å². The number of rotatable bonds is 11. The lowest BCUT2D eigenvalue weighted by atomic mass is 10.3. The molecule has 0 unspecified atom stereocenters. The molecule has 0 aromatic carbocycles. The highest BCUT2D eigenvalue weighted by Crippen LogP contribution is 1.95. The summed E-state index contributed by atoms with van der Waals surface area (Å²) >= 11 is 0. The van der Waals surface area contributed by atoms with Gasteiger partial charge in [0.2, 0.25) is 0 Å². The first-order valence-electron chi connectivity index (χ1n) is 8.65. The Kier molecular flexibility index (Phi) is 14.3. The van der Waals surface area contributed by atoms with E-state index in [9.17, 15) is 0 Å². The molecular weight excluding hydrogens is 401 g/mol. The molecule has 0 fully saturated rings. The van der Waals surface area contributed by atoms with Crippen LogP contribution in [0.1, 0.15) is 33.6 Å². The van der Waals surface area contributed by atoms with Crippen molar-refractivity contribution in [3.05, 3.63) is 24.5 Å². The van der Waals surface area contributed by atoms with Gasteiger partial charge in [0.15, 0.2) is 5.96 Å². The van der Waals surface area contributed by atoms with Crippen molar-refractivity contribution in [2.75, 3.05) is 39.3 Å². The molecule has 0 spiro atoms. The normalized spacial score (nSPS) is 11.4. The van der Waals surface area contributed by atoms with E-state index >= 15 is 0 Å². The highest BCUT2D eigenvalue weighted by Gasteiger charge is 1.99. The maximum atomic E-state index is 4.65.